The second-order valence-electron chi connectivity index (χ2n) is 8.71. The van der Waals surface area contributed by atoms with Gasteiger partial charge in [0.25, 0.3) is 5.95 Å². The number of aromatic nitrogens is 4. The summed E-state index contributed by atoms with van der Waals surface area (Å²) in [6.45, 7) is 3.87. The number of carbonyl (C=O) groups is 1. The molecule has 5 aromatic rings. The minimum Gasteiger partial charge on any atom is -0.310 e. The van der Waals surface area contributed by atoms with Crippen LogP contribution in [0.3, 0.4) is 0 Å². The van der Waals surface area contributed by atoms with Gasteiger partial charge in [-0.1, -0.05) is 72.8 Å². The van der Waals surface area contributed by atoms with E-state index < -0.39 is 0 Å². The van der Waals surface area contributed by atoms with Gasteiger partial charge in [-0.05, 0) is 36.2 Å². The maximum Gasteiger partial charge on any atom is 0.252 e. The van der Waals surface area contributed by atoms with E-state index in [0.717, 1.165) is 44.5 Å². The summed E-state index contributed by atoms with van der Waals surface area (Å²) in [5, 5.41) is 10.4. The van der Waals surface area contributed by atoms with E-state index in [0.29, 0.717) is 18.2 Å². The van der Waals surface area contributed by atoms with Crippen LogP contribution in [-0.2, 0) is 4.79 Å². The summed E-state index contributed by atoms with van der Waals surface area (Å²) in [7, 11) is 0. The molecule has 3 aromatic carbocycles. The van der Waals surface area contributed by atoms with Crippen LogP contribution in [0.2, 0.25) is 0 Å². The van der Waals surface area contributed by atoms with E-state index in [1.54, 1.807) is 4.68 Å². The topological polar surface area (TPSA) is 72.7 Å². The predicted octanol–water partition coefficient (Wildman–Crippen LogP) is 5.57. The second-order valence-corrected chi connectivity index (χ2v) is 8.71. The number of benzene rings is 3. The average Bonchev–Trinajstić information content (AvgIpc) is 3.22. The Morgan fingerprint density at radius 1 is 0.882 bits per heavy atom. The first kappa shape index (κ1) is 20.3. The molecule has 0 spiro atoms. The number of fused-ring (bicyclic) bond motifs is 2. The van der Waals surface area contributed by atoms with Gasteiger partial charge in [0.1, 0.15) is 5.82 Å². The van der Waals surface area contributed by atoms with E-state index in [4.69, 9.17) is 5.10 Å². The Bertz CT molecular complexity index is 1530. The van der Waals surface area contributed by atoms with Crippen LogP contribution in [0, 0.1) is 13.8 Å². The molecule has 1 atom stereocenters. The predicted molar refractivity (Wildman–Crippen MR) is 133 cm³/mol. The maximum absolute atomic E-state index is 13.0. The summed E-state index contributed by atoms with van der Waals surface area (Å²) in [6, 6.07) is 26.6. The first-order valence-corrected chi connectivity index (χ1v) is 11.4. The molecule has 0 bridgehead atoms. The van der Waals surface area contributed by atoms with Crippen molar-refractivity contribution < 1.29 is 4.79 Å². The molecule has 0 radical (unpaired) electrons. The van der Waals surface area contributed by atoms with Gasteiger partial charge in [-0.25, -0.2) is 9.97 Å². The van der Waals surface area contributed by atoms with E-state index >= 15 is 0 Å². The Hall–Kier alpha value is -4.32. The van der Waals surface area contributed by atoms with E-state index in [9.17, 15) is 4.79 Å². The third-order valence-corrected chi connectivity index (χ3v) is 6.32. The first-order valence-electron chi connectivity index (χ1n) is 11.4. The minimum atomic E-state index is -0.148. The fraction of sp³-hybridized carbons (Fsp3) is 0.143. The smallest absolute Gasteiger partial charge is 0.252 e. The number of carbonyl (C=O) groups excluding carboxylic acids is 1. The number of hydrogen-bond acceptors (Lipinski definition) is 4. The molecular formula is C28H23N5O. The molecule has 34 heavy (non-hydrogen) atoms. The van der Waals surface area contributed by atoms with Crippen LogP contribution in [0.1, 0.15) is 34.9 Å². The molecule has 0 saturated carbocycles. The molecule has 0 aliphatic carbocycles. The molecule has 6 heteroatoms. The van der Waals surface area contributed by atoms with Crippen molar-refractivity contribution in [2.75, 3.05) is 5.32 Å². The van der Waals surface area contributed by atoms with Gasteiger partial charge in [0.15, 0.2) is 0 Å². The maximum atomic E-state index is 13.0. The van der Waals surface area contributed by atoms with Crippen LogP contribution in [0.4, 0.5) is 5.82 Å². The van der Waals surface area contributed by atoms with Gasteiger partial charge in [-0.15, -0.1) is 0 Å². The van der Waals surface area contributed by atoms with Gasteiger partial charge in [-0.3, -0.25) is 4.79 Å². The van der Waals surface area contributed by atoms with Crippen LogP contribution >= 0.6 is 0 Å². The normalized spacial score (nSPS) is 15.2. The third-order valence-electron chi connectivity index (χ3n) is 6.32. The quantitative estimate of drug-likeness (QED) is 0.394. The standard InChI is InChI=1S/C28H23N5O/c1-17-15-18(2)30-28(29-17)33-27-25(26(32-33)20-10-4-3-5-11-20)23(16-24(34)31-27)22-14-8-12-19-9-6-7-13-21(19)22/h3-15,23H,16H2,1-2H3,(H,31,34). The largest absolute Gasteiger partial charge is 0.310 e. The Morgan fingerprint density at radius 2 is 1.59 bits per heavy atom. The van der Waals surface area contributed by atoms with Gasteiger partial charge in [0, 0.05) is 34.9 Å². The van der Waals surface area contributed by atoms with Gasteiger partial charge in [-0.2, -0.15) is 9.78 Å². The lowest BCUT2D eigenvalue weighted by Gasteiger charge is -2.25. The molecule has 0 saturated heterocycles. The van der Waals surface area contributed by atoms with Crippen LogP contribution in [0.15, 0.2) is 78.9 Å². The Labute approximate surface area is 197 Å². The van der Waals surface area contributed by atoms with Crippen LogP contribution in [-0.4, -0.2) is 25.7 Å². The van der Waals surface area contributed by atoms with E-state index in [1.807, 2.05) is 62.4 Å². The average molecular weight is 446 g/mol. The Kier molecular flexibility index (Phi) is 4.73. The highest BCUT2D eigenvalue weighted by molar-refractivity contribution is 5.98. The molecule has 166 valence electrons. The van der Waals surface area contributed by atoms with Crippen molar-refractivity contribution in [1.82, 2.24) is 19.7 Å². The summed E-state index contributed by atoms with van der Waals surface area (Å²) < 4.78 is 1.69. The van der Waals surface area contributed by atoms with Crippen molar-refractivity contribution in [3.05, 3.63) is 101 Å². The zero-order chi connectivity index (χ0) is 23.2. The van der Waals surface area contributed by atoms with Crippen LogP contribution in [0.25, 0.3) is 28.0 Å². The third kappa shape index (κ3) is 3.35. The molecule has 1 N–H and O–H groups in total. The molecular weight excluding hydrogens is 422 g/mol. The number of anilines is 1. The monoisotopic (exact) mass is 445 g/mol. The minimum absolute atomic E-state index is 0.0458. The zero-order valence-corrected chi connectivity index (χ0v) is 19.0. The van der Waals surface area contributed by atoms with Crippen LogP contribution in [0.5, 0.6) is 0 Å². The van der Waals surface area contributed by atoms with Gasteiger partial charge in [0.2, 0.25) is 5.91 Å². The summed E-state index contributed by atoms with van der Waals surface area (Å²) in [6.07, 6.45) is 0.347. The zero-order valence-electron chi connectivity index (χ0n) is 19.0. The number of aryl methyl sites for hydroxylation is 2. The fourth-order valence-electron chi connectivity index (χ4n) is 4.93. The van der Waals surface area contributed by atoms with Gasteiger partial charge in [0.05, 0.1) is 5.69 Å². The molecule has 6 nitrogen and oxygen atoms in total. The number of rotatable bonds is 3. The van der Waals surface area contributed by atoms with Gasteiger partial charge >= 0.3 is 0 Å². The second kappa shape index (κ2) is 7.92. The first-order chi connectivity index (χ1) is 16.6. The summed E-state index contributed by atoms with van der Waals surface area (Å²) in [4.78, 5) is 22.3. The lowest BCUT2D eigenvalue weighted by Crippen LogP contribution is -2.25. The summed E-state index contributed by atoms with van der Waals surface area (Å²) in [5.74, 6) is 0.896. The Morgan fingerprint density at radius 3 is 2.38 bits per heavy atom. The summed E-state index contributed by atoms with van der Waals surface area (Å²) in [5.41, 5.74) is 5.62. The van der Waals surface area contributed by atoms with E-state index in [1.165, 1.54) is 0 Å². The molecule has 0 fully saturated rings. The lowest BCUT2D eigenvalue weighted by atomic mass is 9.82. The lowest BCUT2D eigenvalue weighted by molar-refractivity contribution is -0.116. The van der Waals surface area contributed by atoms with E-state index in [-0.39, 0.29) is 11.8 Å². The summed E-state index contributed by atoms with van der Waals surface area (Å²) >= 11 is 0. The van der Waals surface area contributed by atoms with Crippen molar-refractivity contribution in [2.24, 2.45) is 0 Å². The molecule has 6 rings (SSSR count). The van der Waals surface area contributed by atoms with Crippen molar-refractivity contribution in [3.63, 3.8) is 0 Å². The van der Waals surface area contributed by atoms with Gasteiger partial charge < -0.3 is 5.32 Å². The van der Waals surface area contributed by atoms with Crippen LogP contribution < -0.4 is 5.32 Å². The molecule has 2 aromatic heterocycles. The molecule has 1 aliphatic heterocycles. The number of amides is 1. The number of nitrogens with one attached hydrogen (secondary N) is 1. The molecule has 1 amide bonds. The molecule has 1 unspecified atom stereocenters. The van der Waals surface area contributed by atoms with Crippen molar-refractivity contribution in [1.29, 1.82) is 0 Å². The molecule has 1 aliphatic rings. The van der Waals surface area contributed by atoms with Crippen molar-refractivity contribution >= 4 is 22.5 Å². The fourth-order valence-corrected chi connectivity index (χ4v) is 4.93. The highest BCUT2D eigenvalue weighted by atomic mass is 16.1. The Balaban J connectivity index is 1.66. The highest BCUT2D eigenvalue weighted by Gasteiger charge is 2.35. The van der Waals surface area contributed by atoms with Crippen molar-refractivity contribution in [2.45, 2.75) is 26.2 Å². The van der Waals surface area contributed by atoms with E-state index in [2.05, 4.69) is 45.6 Å². The van der Waals surface area contributed by atoms with Crippen molar-refractivity contribution in [3.8, 4) is 17.2 Å². The molecule has 3 heterocycles. The number of nitrogens with zero attached hydrogens (tertiary/aromatic N) is 4. The highest BCUT2D eigenvalue weighted by Crippen LogP contribution is 2.45. The SMILES string of the molecule is Cc1cc(C)nc(-n2nc(-c3ccccc3)c3c2NC(=O)CC3c2cccc3ccccc23)n1. The number of hydrogen-bond donors (Lipinski definition) is 1.